The van der Waals surface area contributed by atoms with Crippen LogP contribution in [0.5, 0.6) is 11.5 Å². The van der Waals surface area contributed by atoms with Gasteiger partial charge in [-0.15, -0.1) is 0 Å². The van der Waals surface area contributed by atoms with Crippen LogP contribution in [0.4, 0.5) is 8.78 Å². The number of nitrogens with zero attached hydrogens (tertiary/aromatic N) is 2. The van der Waals surface area contributed by atoms with Crippen molar-refractivity contribution >= 4 is 11.9 Å². The van der Waals surface area contributed by atoms with E-state index in [1.807, 2.05) is 37.1 Å². The van der Waals surface area contributed by atoms with Crippen molar-refractivity contribution in [2.24, 2.45) is 4.99 Å². The van der Waals surface area contributed by atoms with Crippen molar-refractivity contribution in [3.05, 3.63) is 59.7 Å². The molecule has 0 aromatic heterocycles. The van der Waals surface area contributed by atoms with E-state index >= 15 is 0 Å². The average Bonchev–Trinajstić information content (AvgIpc) is 2.74. The third-order valence-electron chi connectivity index (χ3n) is 4.23. The Morgan fingerprint density at radius 1 is 1.10 bits per heavy atom. The number of benzene rings is 2. The molecule has 0 spiro atoms. The first-order chi connectivity index (χ1) is 14.9. The fourth-order valence-corrected chi connectivity index (χ4v) is 2.83. The monoisotopic (exact) mass is 434 g/mol. The quantitative estimate of drug-likeness (QED) is 0.444. The van der Waals surface area contributed by atoms with Gasteiger partial charge in [0, 0.05) is 33.7 Å². The molecule has 0 atom stereocenters. The minimum Gasteiger partial charge on any atom is -0.484 e. The van der Waals surface area contributed by atoms with Gasteiger partial charge in [0.2, 0.25) is 0 Å². The van der Waals surface area contributed by atoms with Crippen molar-refractivity contribution in [2.45, 2.75) is 26.6 Å². The molecule has 1 amide bonds. The summed E-state index contributed by atoms with van der Waals surface area (Å²) in [6.45, 7) is 0.586. The normalized spacial score (nSPS) is 11.2. The molecule has 0 heterocycles. The number of halogens is 2. The van der Waals surface area contributed by atoms with Gasteiger partial charge in [-0.2, -0.15) is 8.78 Å². The molecule has 2 rings (SSSR count). The highest BCUT2D eigenvalue weighted by Gasteiger charge is 2.09. The fourth-order valence-electron chi connectivity index (χ4n) is 2.83. The highest BCUT2D eigenvalue weighted by molar-refractivity contribution is 5.79. The van der Waals surface area contributed by atoms with Gasteiger partial charge in [0.25, 0.3) is 5.91 Å². The lowest BCUT2D eigenvalue weighted by atomic mass is 10.2. The second kappa shape index (κ2) is 12.4. The SMILES string of the molecule is CCNC(=O)COc1cccc(CNC(=NC)N(C)Cc2ccc(OC(F)F)cc2)c1. The van der Waals surface area contributed by atoms with Crippen LogP contribution in [0.1, 0.15) is 18.1 Å². The van der Waals surface area contributed by atoms with Crippen molar-refractivity contribution in [3.63, 3.8) is 0 Å². The van der Waals surface area contributed by atoms with Crippen LogP contribution in [-0.4, -0.2) is 50.6 Å². The van der Waals surface area contributed by atoms with Crippen LogP contribution in [0.15, 0.2) is 53.5 Å². The molecule has 31 heavy (non-hydrogen) atoms. The number of likely N-dealkylation sites (N-methyl/N-ethyl adjacent to an activating group) is 1. The summed E-state index contributed by atoms with van der Waals surface area (Å²) in [5.41, 5.74) is 1.89. The van der Waals surface area contributed by atoms with Crippen LogP contribution in [-0.2, 0) is 17.9 Å². The van der Waals surface area contributed by atoms with Crippen molar-refractivity contribution in [2.75, 3.05) is 27.2 Å². The number of carbonyl (C=O) groups excluding carboxylic acids is 1. The van der Waals surface area contributed by atoms with Gasteiger partial charge in [-0.05, 0) is 42.3 Å². The summed E-state index contributed by atoms with van der Waals surface area (Å²) in [4.78, 5) is 17.7. The molecule has 0 fully saturated rings. The first-order valence-corrected chi connectivity index (χ1v) is 9.85. The zero-order chi connectivity index (χ0) is 22.6. The van der Waals surface area contributed by atoms with Gasteiger partial charge in [-0.25, -0.2) is 0 Å². The molecule has 0 saturated carbocycles. The van der Waals surface area contributed by atoms with Gasteiger partial charge in [-0.1, -0.05) is 24.3 Å². The van der Waals surface area contributed by atoms with Gasteiger partial charge in [0.05, 0.1) is 0 Å². The minimum absolute atomic E-state index is 0.0315. The Bertz CT molecular complexity index is 860. The number of rotatable bonds is 10. The lowest BCUT2D eigenvalue weighted by Crippen LogP contribution is -2.38. The van der Waals surface area contributed by atoms with E-state index in [2.05, 4.69) is 20.4 Å². The van der Waals surface area contributed by atoms with Crippen LogP contribution in [0.25, 0.3) is 0 Å². The Morgan fingerprint density at radius 2 is 1.84 bits per heavy atom. The smallest absolute Gasteiger partial charge is 0.387 e. The third kappa shape index (κ3) is 8.49. The molecule has 0 aliphatic rings. The Morgan fingerprint density at radius 3 is 2.48 bits per heavy atom. The molecule has 0 unspecified atom stereocenters. The van der Waals surface area contributed by atoms with E-state index in [0.717, 1.165) is 11.1 Å². The van der Waals surface area contributed by atoms with E-state index < -0.39 is 6.61 Å². The highest BCUT2D eigenvalue weighted by Crippen LogP contribution is 2.16. The Labute approximate surface area is 181 Å². The molecule has 2 aromatic rings. The number of carbonyl (C=O) groups is 1. The predicted molar refractivity (Wildman–Crippen MR) is 115 cm³/mol. The van der Waals surface area contributed by atoms with Gasteiger partial charge in [-0.3, -0.25) is 9.79 Å². The average molecular weight is 434 g/mol. The van der Waals surface area contributed by atoms with Crippen LogP contribution in [0, 0.1) is 0 Å². The Hall–Kier alpha value is -3.36. The van der Waals surface area contributed by atoms with Gasteiger partial charge in [0.15, 0.2) is 12.6 Å². The summed E-state index contributed by atoms with van der Waals surface area (Å²) in [6, 6.07) is 14.0. The van der Waals surface area contributed by atoms with Gasteiger partial charge < -0.3 is 25.0 Å². The summed E-state index contributed by atoms with van der Waals surface area (Å²) in [5, 5.41) is 5.96. The lowest BCUT2D eigenvalue weighted by Gasteiger charge is -2.22. The highest BCUT2D eigenvalue weighted by atomic mass is 19.3. The number of aliphatic imine (C=N–C) groups is 1. The van der Waals surface area contributed by atoms with Crippen molar-refractivity contribution in [1.29, 1.82) is 0 Å². The number of guanidine groups is 1. The predicted octanol–water partition coefficient (Wildman–Crippen LogP) is 3.01. The third-order valence-corrected chi connectivity index (χ3v) is 4.23. The van der Waals surface area contributed by atoms with Gasteiger partial charge in [0.1, 0.15) is 11.5 Å². The van der Waals surface area contributed by atoms with Crippen LogP contribution < -0.4 is 20.1 Å². The second-order valence-electron chi connectivity index (χ2n) is 6.67. The maximum absolute atomic E-state index is 12.3. The van der Waals surface area contributed by atoms with E-state index in [9.17, 15) is 13.6 Å². The van der Waals surface area contributed by atoms with Crippen LogP contribution in [0.3, 0.4) is 0 Å². The van der Waals surface area contributed by atoms with E-state index in [1.165, 1.54) is 12.1 Å². The number of hydrogen-bond acceptors (Lipinski definition) is 4. The zero-order valence-electron chi connectivity index (χ0n) is 17.9. The molecule has 0 bridgehead atoms. The molecule has 0 aliphatic carbocycles. The summed E-state index contributed by atoms with van der Waals surface area (Å²) in [7, 11) is 3.56. The standard InChI is InChI=1S/C22H28F2N4O3/c1-4-26-20(29)15-30-19-7-5-6-17(12-19)13-27-22(25-2)28(3)14-16-8-10-18(11-9-16)31-21(23)24/h5-12,21H,4,13-15H2,1-3H3,(H,25,27)(H,26,29). The number of hydrogen-bond donors (Lipinski definition) is 2. The molecule has 0 aliphatic heterocycles. The topological polar surface area (TPSA) is 75.2 Å². The number of ether oxygens (including phenoxy) is 2. The van der Waals surface area contributed by atoms with Gasteiger partial charge >= 0.3 is 6.61 Å². The molecule has 0 radical (unpaired) electrons. The molecular formula is C22H28F2N4O3. The number of alkyl halides is 2. The Balaban J connectivity index is 1.88. The zero-order valence-corrected chi connectivity index (χ0v) is 17.9. The molecule has 0 saturated heterocycles. The largest absolute Gasteiger partial charge is 0.484 e. The molecule has 2 aromatic carbocycles. The van der Waals surface area contributed by atoms with Crippen LogP contribution >= 0.6 is 0 Å². The summed E-state index contributed by atoms with van der Waals surface area (Å²) in [5.74, 6) is 1.24. The minimum atomic E-state index is -2.84. The second-order valence-corrected chi connectivity index (χ2v) is 6.67. The molecule has 9 heteroatoms. The van der Waals surface area contributed by atoms with Crippen molar-refractivity contribution in [1.82, 2.24) is 15.5 Å². The van der Waals surface area contributed by atoms with E-state index in [1.54, 1.807) is 25.2 Å². The lowest BCUT2D eigenvalue weighted by molar-refractivity contribution is -0.122. The van der Waals surface area contributed by atoms with E-state index in [4.69, 9.17) is 4.74 Å². The first-order valence-electron chi connectivity index (χ1n) is 9.85. The maximum Gasteiger partial charge on any atom is 0.387 e. The Kier molecular flexibility index (Phi) is 9.54. The first kappa shape index (κ1) is 23.9. The molecule has 7 nitrogen and oxygen atoms in total. The molecule has 2 N–H and O–H groups in total. The van der Waals surface area contributed by atoms with Crippen molar-refractivity contribution < 1.29 is 23.0 Å². The summed E-state index contributed by atoms with van der Waals surface area (Å²) in [6.07, 6.45) is 0. The van der Waals surface area contributed by atoms with E-state index in [0.29, 0.717) is 31.3 Å². The number of amides is 1. The number of nitrogens with one attached hydrogen (secondary N) is 2. The van der Waals surface area contributed by atoms with Crippen LogP contribution in [0.2, 0.25) is 0 Å². The van der Waals surface area contributed by atoms with E-state index in [-0.39, 0.29) is 18.3 Å². The summed E-state index contributed by atoms with van der Waals surface area (Å²) < 4.78 is 34.4. The summed E-state index contributed by atoms with van der Waals surface area (Å²) >= 11 is 0. The fraction of sp³-hybridized carbons (Fsp3) is 0.364. The van der Waals surface area contributed by atoms with Crippen molar-refractivity contribution in [3.8, 4) is 11.5 Å². The molecule has 168 valence electrons. The maximum atomic E-state index is 12.3. The molecular weight excluding hydrogens is 406 g/mol.